The van der Waals surface area contributed by atoms with Crippen molar-refractivity contribution >= 4 is 0 Å². The van der Waals surface area contributed by atoms with Gasteiger partial charge in [-0.05, 0) is 19.8 Å². The van der Waals surface area contributed by atoms with Gasteiger partial charge in [-0.2, -0.15) is 0 Å². The van der Waals surface area contributed by atoms with Crippen molar-refractivity contribution in [3.05, 3.63) is 12.2 Å². The Kier molecular flexibility index (Phi) is 8.51. The fraction of sp³-hybridized carbons (Fsp3) is 0.800. The van der Waals surface area contributed by atoms with Gasteiger partial charge in [0, 0.05) is 0 Å². The van der Waals surface area contributed by atoms with Gasteiger partial charge in [-0.25, -0.2) is 0 Å². The molecule has 0 atom stereocenters. The lowest BCUT2D eigenvalue weighted by molar-refractivity contribution is 0.637. The summed E-state index contributed by atoms with van der Waals surface area (Å²) in [6, 6.07) is 0. The molecule has 0 aliphatic heterocycles. The molecule has 0 fully saturated rings. The number of allylic oxidation sites excluding steroid dienone is 2. The molecular formula is C10H20. The summed E-state index contributed by atoms with van der Waals surface area (Å²) in [4.78, 5) is 0. The molecule has 0 nitrogen and oxygen atoms in total. The molecule has 0 aromatic carbocycles. The topological polar surface area (TPSA) is 0 Å². The molecule has 0 unspecified atom stereocenters. The van der Waals surface area contributed by atoms with E-state index in [0.29, 0.717) is 0 Å². The van der Waals surface area contributed by atoms with Gasteiger partial charge in [0.1, 0.15) is 0 Å². The Balaban J connectivity index is 2.77. The van der Waals surface area contributed by atoms with Crippen LogP contribution in [0.15, 0.2) is 12.2 Å². The van der Waals surface area contributed by atoms with Gasteiger partial charge in [-0.1, -0.05) is 44.8 Å². The Morgan fingerprint density at radius 1 is 1.00 bits per heavy atom. The van der Waals surface area contributed by atoms with Crippen LogP contribution in [0, 0.1) is 0 Å². The van der Waals surface area contributed by atoms with E-state index in [2.05, 4.69) is 26.0 Å². The van der Waals surface area contributed by atoms with Crippen LogP contribution in [0.4, 0.5) is 0 Å². The van der Waals surface area contributed by atoms with Gasteiger partial charge >= 0.3 is 0 Å². The van der Waals surface area contributed by atoms with Crippen molar-refractivity contribution in [3.8, 4) is 0 Å². The number of rotatable bonds is 6. The van der Waals surface area contributed by atoms with E-state index in [9.17, 15) is 0 Å². The first-order chi connectivity index (χ1) is 4.91. The quantitative estimate of drug-likeness (QED) is 0.387. The Labute approximate surface area is 65.3 Å². The summed E-state index contributed by atoms with van der Waals surface area (Å²) in [7, 11) is 0. The van der Waals surface area contributed by atoms with Gasteiger partial charge in [0.2, 0.25) is 0 Å². The van der Waals surface area contributed by atoms with Crippen LogP contribution in [0.3, 0.4) is 0 Å². The molecule has 0 heteroatoms. The molecule has 60 valence electrons. The molecule has 0 aliphatic rings. The van der Waals surface area contributed by atoms with Gasteiger partial charge in [-0.3, -0.25) is 0 Å². The van der Waals surface area contributed by atoms with E-state index in [4.69, 9.17) is 0 Å². The number of unbranched alkanes of at least 4 members (excludes halogenated alkanes) is 5. The molecule has 0 heterocycles. The summed E-state index contributed by atoms with van der Waals surface area (Å²) in [6.07, 6.45) is 12.7. The van der Waals surface area contributed by atoms with Crippen LogP contribution in [0.25, 0.3) is 0 Å². The molecular weight excluding hydrogens is 120 g/mol. The van der Waals surface area contributed by atoms with Crippen LogP contribution >= 0.6 is 0 Å². The monoisotopic (exact) mass is 140 g/mol. The first-order valence-electron chi connectivity index (χ1n) is 4.53. The van der Waals surface area contributed by atoms with Crippen LogP contribution in [0.2, 0.25) is 0 Å². The SMILES string of the molecule is CC=CCCCCCCC. The van der Waals surface area contributed by atoms with Crippen LogP contribution in [-0.2, 0) is 0 Å². The summed E-state index contributed by atoms with van der Waals surface area (Å²) >= 11 is 0. The maximum Gasteiger partial charge on any atom is -0.0351 e. The average molecular weight is 140 g/mol. The zero-order chi connectivity index (χ0) is 7.66. The van der Waals surface area contributed by atoms with E-state index in [1.165, 1.54) is 38.5 Å². The summed E-state index contributed by atoms with van der Waals surface area (Å²) in [5.41, 5.74) is 0. The van der Waals surface area contributed by atoms with E-state index in [1.54, 1.807) is 0 Å². The summed E-state index contributed by atoms with van der Waals surface area (Å²) in [5, 5.41) is 0. The van der Waals surface area contributed by atoms with Crippen molar-refractivity contribution in [1.82, 2.24) is 0 Å². The molecule has 0 aromatic heterocycles. The first kappa shape index (κ1) is 9.74. The summed E-state index contributed by atoms with van der Waals surface area (Å²) in [5.74, 6) is 0. The third-order valence-electron chi connectivity index (χ3n) is 1.71. The lowest BCUT2D eigenvalue weighted by Crippen LogP contribution is -1.75. The smallest absolute Gasteiger partial charge is 0.0351 e. The largest absolute Gasteiger partial charge is 0.0917 e. The van der Waals surface area contributed by atoms with Gasteiger partial charge in [0.25, 0.3) is 0 Å². The molecule has 0 radical (unpaired) electrons. The van der Waals surface area contributed by atoms with Crippen molar-refractivity contribution in [2.24, 2.45) is 0 Å². The molecule has 0 aliphatic carbocycles. The highest BCUT2D eigenvalue weighted by molar-refractivity contribution is 4.76. The van der Waals surface area contributed by atoms with E-state index in [-0.39, 0.29) is 0 Å². The van der Waals surface area contributed by atoms with E-state index in [1.807, 2.05) is 0 Å². The zero-order valence-corrected chi connectivity index (χ0v) is 7.40. The predicted octanol–water partition coefficient (Wildman–Crippen LogP) is 3.92. The van der Waals surface area contributed by atoms with Crippen molar-refractivity contribution in [2.75, 3.05) is 0 Å². The highest BCUT2D eigenvalue weighted by atomic mass is 13.9. The zero-order valence-electron chi connectivity index (χ0n) is 7.40. The predicted molar refractivity (Wildman–Crippen MR) is 48.2 cm³/mol. The van der Waals surface area contributed by atoms with E-state index >= 15 is 0 Å². The summed E-state index contributed by atoms with van der Waals surface area (Å²) in [6.45, 7) is 4.35. The fourth-order valence-electron chi connectivity index (χ4n) is 1.03. The molecule has 0 spiro atoms. The lowest BCUT2D eigenvalue weighted by atomic mass is 10.1. The van der Waals surface area contributed by atoms with Crippen LogP contribution in [0.5, 0.6) is 0 Å². The Hall–Kier alpha value is -0.260. The normalized spacial score (nSPS) is 11.0. The molecule has 0 aromatic rings. The van der Waals surface area contributed by atoms with Gasteiger partial charge < -0.3 is 0 Å². The second-order valence-corrected chi connectivity index (χ2v) is 2.77. The number of hydrogen-bond acceptors (Lipinski definition) is 0. The third-order valence-corrected chi connectivity index (χ3v) is 1.71. The number of hydrogen-bond donors (Lipinski definition) is 0. The minimum Gasteiger partial charge on any atom is -0.0917 e. The molecule has 0 amide bonds. The minimum atomic E-state index is 1.28. The second kappa shape index (κ2) is 8.74. The van der Waals surface area contributed by atoms with Crippen molar-refractivity contribution in [2.45, 2.75) is 52.4 Å². The van der Waals surface area contributed by atoms with E-state index in [0.717, 1.165) is 0 Å². The van der Waals surface area contributed by atoms with Crippen LogP contribution in [0.1, 0.15) is 52.4 Å². The standard InChI is InChI=1S/C10H20/c1-3-5-7-9-10-8-6-4-2/h3,5H,4,6-10H2,1-2H3. The van der Waals surface area contributed by atoms with Crippen LogP contribution in [-0.4, -0.2) is 0 Å². The molecule has 0 bridgehead atoms. The highest BCUT2D eigenvalue weighted by Crippen LogP contribution is 2.04. The van der Waals surface area contributed by atoms with Crippen molar-refractivity contribution in [3.63, 3.8) is 0 Å². The molecule has 0 rings (SSSR count). The van der Waals surface area contributed by atoms with Gasteiger partial charge in [0.15, 0.2) is 0 Å². The summed E-state index contributed by atoms with van der Waals surface area (Å²) < 4.78 is 0. The third kappa shape index (κ3) is 7.74. The lowest BCUT2D eigenvalue weighted by Gasteiger charge is -1.95. The average Bonchev–Trinajstić information content (AvgIpc) is 1.97. The molecule has 0 saturated carbocycles. The Morgan fingerprint density at radius 3 is 2.30 bits per heavy atom. The van der Waals surface area contributed by atoms with E-state index < -0.39 is 0 Å². The fourth-order valence-corrected chi connectivity index (χ4v) is 1.03. The maximum atomic E-state index is 2.26. The van der Waals surface area contributed by atoms with Gasteiger partial charge in [-0.15, -0.1) is 0 Å². The first-order valence-corrected chi connectivity index (χ1v) is 4.53. The minimum absolute atomic E-state index is 1.28. The highest BCUT2D eigenvalue weighted by Gasteiger charge is 1.84. The molecule has 0 saturated heterocycles. The Bertz CT molecular complexity index is 72.1. The van der Waals surface area contributed by atoms with Crippen molar-refractivity contribution in [1.29, 1.82) is 0 Å². The Morgan fingerprint density at radius 2 is 1.70 bits per heavy atom. The maximum absolute atomic E-state index is 2.26. The van der Waals surface area contributed by atoms with Crippen LogP contribution < -0.4 is 0 Å². The van der Waals surface area contributed by atoms with Gasteiger partial charge in [0.05, 0.1) is 0 Å². The van der Waals surface area contributed by atoms with Crippen molar-refractivity contribution < 1.29 is 0 Å². The molecule has 0 N–H and O–H groups in total. The second-order valence-electron chi connectivity index (χ2n) is 2.77. The molecule has 10 heavy (non-hydrogen) atoms.